The van der Waals surface area contributed by atoms with Gasteiger partial charge in [-0.3, -0.25) is 19.5 Å². The number of anilines is 1. The first-order valence-electron chi connectivity index (χ1n) is 8.76. The molecule has 0 amide bonds. The molecular formula is C21H21N3O3S. The van der Waals surface area contributed by atoms with E-state index in [1.807, 2.05) is 6.07 Å². The number of ketones is 1. The van der Waals surface area contributed by atoms with Crippen LogP contribution < -0.4 is 4.72 Å². The van der Waals surface area contributed by atoms with Gasteiger partial charge in [0.25, 0.3) is 10.0 Å². The van der Waals surface area contributed by atoms with Crippen molar-refractivity contribution < 1.29 is 13.2 Å². The number of benzene rings is 1. The molecule has 0 atom stereocenters. The Hall–Kier alpha value is -3.06. The smallest absolute Gasteiger partial charge is 0.262 e. The summed E-state index contributed by atoms with van der Waals surface area (Å²) in [6, 6.07) is 12.2. The first kappa shape index (κ1) is 19.7. The Kier molecular flexibility index (Phi) is 5.56. The number of carbonyl (C=O) groups is 1. The zero-order chi connectivity index (χ0) is 20.3. The van der Waals surface area contributed by atoms with Gasteiger partial charge in [0.1, 0.15) is 5.78 Å². The predicted molar refractivity (Wildman–Crippen MR) is 109 cm³/mol. The van der Waals surface area contributed by atoms with Gasteiger partial charge in [0.15, 0.2) is 0 Å². The van der Waals surface area contributed by atoms with E-state index in [0.717, 1.165) is 11.1 Å². The SMILES string of the molecule is CC(=O)Cc1cc(-c2cnc(C)c(NS(=O)(=O)c3ccccc3C)c2)ccn1. The first-order chi connectivity index (χ1) is 13.3. The zero-order valence-corrected chi connectivity index (χ0v) is 16.7. The van der Waals surface area contributed by atoms with Gasteiger partial charge in [0.05, 0.1) is 16.3 Å². The third-order valence-electron chi connectivity index (χ3n) is 4.29. The van der Waals surface area contributed by atoms with Crippen LogP contribution in [0.5, 0.6) is 0 Å². The second kappa shape index (κ2) is 7.90. The average molecular weight is 395 g/mol. The standard InChI is InChI=1S/C21H21N3O3S/c1-14-6-4-5-7-21(14)28(26,27)24-20-12-18(13-23-16(20)3)17-8-9-22-19(11-17)10-15(2)25/h4-9,11-13,24H,10H2,1-3H3. The Morgan fingerprint density at radius 1 is 1.04 bits per heavy atom. The van der Waals surface area contributed by atoms with Crippen molar-refractivity contribution in [3.05, 3.63) is 71.8 Å². The normalized spacial score (nSPS) is 11.2. The second-order valence-electron chi connectivity index (χ2n) is 6.64. The van der Waals surface area contributed by atoms with E-state index < -0.39 is 10.0 Å². The second-order valence-corrected chi connectivity index (χ2v) is 8.29. The number of hydrogen-bond acceptors (Lipinski definition) is 5. The van der Waals surface area contributed by atoms with Crippen molar-refractivity contribution in [3.8, 4) is 11.1 Å². The highest BCUT2D eigenvalue weighted by Crippen LogP contribution is 2.26. The third kappa shape index (κ3) is 4.43. The van der Waals surface area contributed by atoms with Crippen molar-refractivity contribution in [3.63, 3.8) is 0 Å². The molecule has 0 radical (unpaired) electrons. The van der Waals surface area contributed by atoms with Gasteiger partial charge < -0.3 is 0 Å². The minimum atomic E-state index is -3.74. The molecule has 0 saturated heterocycles. The molecule has 6 nitrogen and oxygen atoms in total. The van der Waals surface area contributed by atoms with Gasteiger partial charge in [-0.05, 0) is 56.2 Å². The molecule has 0 spiro atoms. The van der Waals surface area contributed by atoms with Crippen LogP contribution in [-0.2, 0) is 21.2 Å². The molecule has 28 heavy (non-hydrogen) atoms. The van der Waals surface area contributed by atoms with Crippen LogP contribution in [0.15, 0.2) is 59.8 Å². The molecule has 1 aromatic carbocycles. The molecule has 144 valence electrons. The number of hydrogen-bond donors (Lipinski definition) is 1. The Morgan fingerprint density at radius 2 is 1.79 bits per heavy atom. The van der Waals surface area contributed by atoms with Crippen LogP contribution in [0.4, 0.5) is 5.69 Å². The van der Waals surface area contributed by atoms with Gasteiger partial charge in [-0.1, -0.05) is 18.2 Å². The maximum atomic E-state index is 12.8. The van der Waals surface area contributed by atoms with E-state index in [9.17, 15) is 13.2 Å². The molecule has 3 aromatic rings. The summed E-state index contributed by atoms with van der Waals surface area (Å²) in [6.45, 7) is 5.01. The summed E-state index contributed by atoms with van der Waals surface area (Å²) in [6.07, 6.45) is 3.55. The van der Waals surface area contributed by atoms with E-state index in [-0.39, 0.29) is 17.1 Å². The summed E-state index contributed by atoms with van der Waals surface area (Å²) in [5.74, 6) is 0.0263. The fraction of sp³-hybridized carbons (Fsp3) is 0.190. The molecule has 0 aliphatic carbocycles. The van der Waals surface area contributed by atoms with Crippen LogP contribution >= 0.6 is 0 Å². The number of aryl methyl sites for hydroxylation is 2. The van der Waals surface area contributed by atoms with E-state index in [0.29, 0.717) is 22.6 Å². The van der Waals surface area contributed by atoms with Crippen molar-refractivity contribution >= 4 is 21.5 Å². The van der Waals surface area contributed by atoms with Crippen LogP contribution in [0.1, 0.15) is 23.9 Å². The molecule has 0 saturated carbocycles. The number of pyridine rings is 2. The summed E-state index contributed by atoms with van der Waals surface area (Å²) < 4.78 is 28.3. The molecule has 0 aliphatic rings. The molecular weight excluding hydrogens is 374 g/mol. The van der Waals surface area contributed by atoms with Gasteiger partial charge in [0.2, 0.25) is 0 Å². The van der Waals surface area contributed by atoms with E-state index in [1.165, 1.54) is 6.92 Å². The first-order valence-corrected chi connectivity index (χ1v) is 10.2. The quantitative estimate of drug-likeness (QED) is 0.687. The van der Waals surface area contributed by atoms with Gasteiger partial charge in [-0.15, -0.1) is 0 Å². The molecule has 2 heterocycles. The molecule has 2 aromatic heterocycles. The number of Topliss-reactive ketones (excluding diaryl/α,β-unsaturated/α-hetero) is 1. The van der Waals surface area contributed by atoms with Crippen LogP contribution in [0.25, 0.3) is 11.1 Å². The van der Waals surface area contributed by atoms with Crippen molar-refractivity contribution in [2.75, 3.05) is 4.72 Å². The number of rotatable bonds is 6. The molecule has 0 aliphatic heterocycles. The maximum Gasteiger partial charge on any atom is 0.262 e. The fourth-order valence-electron chi connectivity index (χ4n) is 2.86. The summed E-state index contributed by atoms with van der Waals surface area (Å²) in [7, 11) is -3.74. The highest BCUT2D eigenvalue weighted by molar-refractivity contribution is 7.92. The highest BCUT2D eigenvalue weighted by Gasteiger charge is 2.18. The summed E-state index contributed by atoms with van der Waals surface area (Å²) in [5, 5.41) is 0. The monoisotopic (exact) mass is 395 g/mol. The van der Waals surface area contributed by atoms with Crippen LogP contribution in [0.2, 0.25) is 0 Å². The van der Waals surface area contributed by atoms with Crippen molar-refractivity contribution in [2.24, 2.45) is 0 Å². The third-order valence-corrected chi connectivity index (χ3v) is 5.82. The highest BCUT2D eigenvalue weighted by atomic mass is 32.2. The average Bonchev–Trinajstić information content (AvgIpc) is 2.63. The summed E-state index contributed by atoms with van der Waals surface area (Å²) in [5.41, 5.74) is 3.85. The lowest BCUT2D eigenvalue weighted by Crippen LogP contribution is -2.15. The number of nitrogens with one attached hydrogen (secondary N) is 1. The lowest BCUT2D eigenvalue weighted by Gasteiger charge is -2.13. The lowest BCUT2D eigenvalue weighted by atomic mass is 10.1. The largest absolute Gasteiger partial charge is 0.300 e. The minimum Gasteiger partial charge on any atom is -0.300 e. The summed E-state index contributed by atoms with van der Waals surface area (Å²) in [4.78, 5) is 20.1. The Labute approximate surface area is 164 Å². The summed E-state index contributed by atoms with van der Waals surface area (Å²) >= 11 is 0. The van der Waals surface area contributed by atoms with E-state index in [4.69, 9.17) is 0 Å². The molecule has 0 unspecified atom stereocenters. The molecule has 3 rings (SSSR count). The Morgan fingerprint density at radius 3 is 2.50 bits per heavy atom. The van der Waals surface area contributed by atoms with Crippen molar-refractivity contribution in [2.45, 2.75) is 32.1 Å². The maximum absolute atomic E-state index is 12.8. The van der Waals surface area contributed by atoms with Gasteiger partial charge >= 0.3 is 0 Å². The number of nitrogens with zero attached hydrogens (tertiary/aromatic N) is 2. The predicted octanol–water partition coefficient (Wildman–Crippen LogP) is 3.69. The Balaban J connectivity index is 1.97. The van der Waals surface area contributed by atoms with Crippen LogP contribution in [0.3, 0.4) is 0 Å². The van der Waals surface area contributed by atoms with E-state index in [2.05, 4.69) is 14.7 Å². The van der Waals surface area contributed by atoms with Gasteiger partial charge in [0, 0.05) is 30.1 Å². The van der Waals surface area contributed by atoms with Crippen LogP contribution in [-0.4, -0.2) is 24.2 Å². The van der Waals surface area contributed by atoms with Crippen molar-refractivity contribution in [1.82, 2.24) is 9.97 Å². The van der Waals surface area contributed by atoms with Gasteiger partial charge in [-0.25, -0.2) is 8.42 Å². The molecule has 0 bridgehead atoms. The van der Waals surface area contributed by atoms with E-state index >= 15 is 0 Å². The molecule has 1 N–H and O–H groups in total. The zero-order valence-electron chi connectivity index (χ0n) is 15.9. The van der Waals surface area contributed by atoms with Crippen molar-refractivity contribution in [1.29, 1.82) is 0 Å². The van der Waals surface area contributed by atoms with E-state index in [1.54, 1.807) is 62.6 Å². The van der Waals surface area contributed by atoms with Gasteiger partial charge in [-0.2, -0.15) is 0 Å². The Bertz CT molecular complexity index is 1140. The molecule has 7 heteroatoms. The topological polar surface area (TPSA) is 89.0 Å². The molecule has 0 fully saturated rings. The number of aromatic nitrogens is 2. The minimum absolute atomic E-state index is 0.0263. The number of sulfonamides is 1. The number of carbonyl (C=O) groups excluding carboxylic acids is 1. The lowest BCUT2D eigenvalue weighted by molar-refractivity contribution is -0.116. The fourth-order valence-corrected chi connectivity index (χ4v) is 4.22. The van der Waals surface area contributed by atoms with Crippen LogP contribution in [0, 0.1) is 13.8 Å².